The Hall–Kier alpha value is -2.01. The van der Waals surface area contributed by atoms with E-state index in [9.17, 15) is 4.79 Å². The average molecular weight is 363 g/mol. The van der Waals surface area contributed by atoms with Gasteiger partial charge in [0.05, 0.1) is 14.2 Å². The summed E-state index contributed by atoms with van der Waals surface area (Å²) in [6.07, 6.45) is 0. The van der Waals surface area contributed by atoms with Gasteiger partial charge in [-0.25, -0.2) is 0 Å². The highest BCUT2D eigenvalue weighted by Crippen LogP contribution is 2.43. The Balaban J connectivity index is 2.10. The second-order valence-electron chi connectivity index (χ2n) is 4.98. The van der Waals surface area contributed by atoms with Crippen LogP contribution in [0.2, 0.25) is 0 Å². The zero-order chi connectivity index (χ0) is 15.7. The van der Waals surface area contributed by atoms with Gasteiger partial charge in [0.1, 0.15) is 22.1 Å². The molecule has 114 valence electrons. The van der Waals surface area contributed by atoms with E-state index in [0.29, 0.717) is 5.75 Å². The molecule has 1 aliphatic rings. The maximum atomic E-state index is 12.1. The molecule has 0 aromatic heterocycles. The highest BCUT2D eigenvalue weighted by molar-refractivity contribution is 9.10. The Morgan fingerprint density at radius 3 is 2.27 bits per heavy atom. The highest BCUT2D eigenvalue weighted by Gasteiger charge is 2.37. The van der Waals surface area contributed by atoms with Gasteiger partial charge >= 0.3 is 5.97 Å². The van der Waals surface area contributed by atoms with E-state index in [1.807, 2.05) is 30.3 Å². The Bertz CT molecular complexity index is 696. The third kappa shape index (κ3) is 2.57. The van der Waals surface area contributed by atoms with E-state index >= 15 is 0 Å². The van der Waals surface area contributed by atoms with Crippen molar-refractivity contribution in [3.8, 4) is 17.2 Å². The molecule has 0 bridgehead atoms. The smallest absolute Gasteiger partial charge is 0.326 e. The molecule has 1 aliphatic heterocycles. The van der Waals surface area contributed by atoms with Gasteiger partial charge in [0, 0.05) is 11.5 Å². The lowest BCUT2D eigenvalue weighted by atomic mass is 9.86. The molecular weight excluding hydrogens is 348 g/mol. The van der Waals surface area contributed by atoms with Gasteiger partial charge in [-0.1, -0.05) is 28.1 Å². The first-order valence-electron chi connectivity index (χ1n) is 6.81. The van der Waals surface area contributed by atoms with E-state index in [1.165, 1.54) is 0 Å². The zero-order valence-corrected chi connectivity index (χ0v) is 13.8. The number of hydrogen-bond acceptors (Lipinski definition) is 4. The van der Waals surface area contributed by atoms with Crippen LogP contribution in [0.25, 0.3) is 0 Å². The monoisotopic (exact) mass is 362 g/mol. The standard InChI is InChI=1S/C17H15BrO4/c1-20-11-5-3-10(4-6-11)15-13-9-12(21-2)7-8-14(13)22-17(19)16(15)18/h3-9,15-16H,1-2H3/t15-,16+/m1/s1. The quantitative estimate of drug-likeness (QED) is 0.476. The van der Waals surface area contributed by atoms with Crippen LogP contribution in [0.15, 0.2) is 42.5 Å². The van der Waals surface area contributed by atoms with Crippen molar-refractivity contribution in [1.29, 1.82) is 0 Å². The number of methoxy groups -OCH3 is 2. The summed E-state index contributed by atoms with van der Waals surface area (Å²) in [4.78, 5) is 11.6. The van der Waals surface area contributed by atoms with E-state index in [4.69, 9.17) is 14.2 Å². The van der Waals surface area contributed by atoms with Crippen LogP contribution in [0.5, 0.6) is 17.2 Å². The van der Waals surface area contributed by atoms with Crippen molar-refractivity contribution < 1.29 is 19.0 Å². The number of hydrogen-bond donors (Lipinski definition) is 0. The first-order chi connectivity index (χ1) is 10.6. The highest BCUT2D eigenvalue weighted by atomic mass is 79.9. The molecule has 0 aliphatic carbocycles. The molecule has 0 saturated heterocycles. The fourth-order valence-corrected chi connectivity index (χ4v) is 3.29. The summed E-state index contributed by atoms with van der Waals surface area (Å²) in [5.74, 6) is 1.65. The summed E-state index contributed by atoms with van der Waals surface area (Å²) in [7, 11) is 3.24. The molecule has 0 radical (unpaired) electrons. The van der Waals surface area contributed by atoms with Gasteiger partial charge in [0.2, 0.25) is 0 Å². The van der Waals surface area contributed by atoms with Crippen molar-refractivity contribution in [3.63, 3.8) is 0 Å². The first-order valence-corrected chi connectivity index (χ1v) is 7.73. The number of alkyl halides is 1. The van der Waals surface area contributed by atoms with Crippen LogP contribution in [0.3, 0.4) is 0 Å². The number of halogens is 1. The molecule has 0 N–H and O–H groups in total. The summed E-state index contributed by atoms with van der Waals surface area (Å²) in [5, 5.41) is 0. The molecule has 0 unspecified atom stereocenters. The van der Waals surface area contributed by atoms with E-state index in [2.05, 4.69) is 15.9 Å². The molecule has 3 rings (SSSR count). The molecule has 0 amide bonds. The summed E-state index contributed by atoms with van der Waals surface area (Å²) >= 11 is 3.46. The summed E-state index contributed by atoms with van der Waals surface area (Å²) in [6, 6.07) is 13.1. The van der Waals surface area contributed by atoms with Gasteiger partial charge in [-0.15, -0.1) is 0 Å². The number of rotatable bonds is 3. The minimum absolute atomic E-state index is 0.141. The second-order valence-corrected chi connectivity index (χ2v) is 5.96. The number of benzene rings is 2. The summed E-state index contributed by atoms with van der Waals surface area (Å²) in [6.45, 7) is 0. The molecular formula is C17H15BrO4. The van der Waals surface area contributed by atoms with Crippen LogP contribution in [0, 0.1) is 0 Å². The van der Waals surface area contributed by atoms with Crippen LogP contribution in [-0.4, -0.2) is 25.0 Å². The lowest BCUT2D eigenvalue weighted by Crippen LogP contribution is -2.32. The zero-order valence-electron chi connectivity index (χ0n) is 12.2. The van der Waals surface area contributed by atoms with Crippen molar-refractivity contribution in [2.75, 3.05) is 14.2 Å². The number of ether oxygens (including phenoxy) is 3. The van der Waals surface area contributed by atoms with Crippen molar-refractivity contribution in [2.45, 2.75) is 10.7 Å². The van der Waals surface area contributed by atoms with Crippen LogP contribution in [0.1, 0.15) is 17.0 Å². The minimum Gasteiger partial charge on any atom is -0.497 e. The van der Waals surface area contributed by atoms with Gasteiger partial charge in [0.25, 0.3) is 0 Å². The van der Waals surface area contributed by atoms with Crippen LogP contribution >= 0.6 is 15.9 Å². The van der Waals surface area contributed by atoms with Gasteiger partial charge in [-0.05, 0) is 35.9 Å². The molecule has 2 aromatic carbocycles. The van der Waals surface area contributed by atoms with Crippen molar-refractivity contribution in [1.82, 2.24) is 0 Å². The van der Waals surface area contributed by atoms with E-state index < -0.39 is 4.83 Å². The Morgan fingerprint density at radius 2 is 1.64 bits per heavy atom. The van der Waals surface area contributed by atoms with Gasteiger partial charge in [0.15, 0.2) is 0 Å². The largest absolute Gasteiger partial charge is 0.497 e. The molecule has 0 saturated carbocycles. The topological polar surface area (TPSA) is 44.8 Å². The van der Waals surface area contributed by atoms with Crippen molar-refractivity contribution in [3.05, 3.63) is 53.6 Å². The van der Waals surface area contributed by atoms with Crippen LogP contribution in [-0.2, 0) is 4.79 Å². The molecule has 0 fully saturated rings. The number of esters is 1. The molecule has 1 heterocycles. The van der Waals surface area contributed by atoms with Crippen LogP contribution in [0.4, 0.5) is 0 Å². The maximum absolute atomic E-state index is 12.1. The molecule has 4 nitrogen and oxygen atoms in total. The second kappa shape index (κ2) is 6.01. The Labute approximate surface area is 137 Å². The number of carbonyl (C=O) groups is 1. The number of fused-ring (bicyclic) bond motifs is 1. The lowest BCUT2D eigenvalue weighted by molar-refractivity contribution is -0.134. The number of carbonyl (C=O) groups excluding carboxylic acids is 1. The summed E-state index contributed by atoms with van der Waals surface area (Å²) in [5.41, 5.74) is 1.93. The van der Waals surface area contributed by atoms with Crippen molar-refractivity contribution in [2.24, 2.45) is 0 Å². The third-order valence-corrected chi connectivity index (χ3v) is 4.66. The minimum atomic E-state index is -0.444. The van der Waals surface area contributed by atoms with Gasteiger partial charge in [-0.2, -0.15) is 0 Å². The van der Waals surface area contributed by atoms with Gasteiger partial charge < -0.3 is 14.2 Å². The SMILES string of the molecule is COc1ccc([C@@H]2c3cc(OC)ccc3OC(=O)[C@H]2Br)cc1. The maximum Gasteiger partial charge on any atom is 0.326 e. The Morgan fingerprint density at radius 1 is 1.00 bits per heavy atom. The molecule has 0 spiro atoms. The van der Waals surface area contributed by atoms with Crippen LogP contribution < -0.4 is 14.2 Å². The van der Waals surface area contributed by atoms with E-state index in [-0.39, 0.29) is 11.9 Å². The Kier molecular flexibility index (Phi) is 4.07. The normalized spacial score (nSPS) is 20.0. The van der Waals surface area contributed by atoms with E-state index in [1.54, 1.807) is 26.4 Å². The van der Waals surface area contributed by atoms with Gasteiger partial charge in [-0.3, -0.25) is 4.79 Å². The van der Waals surface area contributed by atoms with Crippen molar-refractivity contribution >= 4 is 21.9 Å². The van der Waals surface area contributed by atoms with E-state index in [0.717, 1.165) is 22.6 Å². The fourth-order valence-electron chi connectivity index (χ4n) is 2.61. The molecule has 22 heavy (non-hydrogen) atoms. The fraction of sp³-hybridized carbons (Fsp3) is 0.235. The molecule has 2 aromatic rings. The first kappa shape index (κ1) is 14.9. The predicted molar refractivity (Wildman–Crippen MR) is 86.2 cm³/mol. The molecule has 5 heteroatoms. The molecule has 2 atom stereocenters. The predicted octanol–water partition coefficient (Wildman–Crippen LogP) is 3.52. The third-order valence-electron chi connectivity index (χ3n) is 3.76. The average Bonchev–Trinajstić information content (AvgIpc) is 2.56. The lowest BCUT2D eigenvalue weighted by Gasteiger charge is -2.29. The summed E-state index contributed by atoms with van der Waals surface area (Å²) < 4.78 is 15.8.